The van der Waals surface area contributed by atoms with Crippen molar-refractivity contribution in [3.8, 4) is 22.5 Å². The molecule has 26 heavy (non-hydrogen) atoms. The third-order valence-corrected chi connectivity index (χ3v) is 5.03. The molecule has 1 aliphatic heterocycles. The number of fused-ring (bicyclic) bond motifs is 1. The first-order valence-electron chi connectivity index (χ1n) is 8.56. The van der Waals surface area contributed by atoms with Gasteiger partial charge in [-0.25, -0.2) is 9.97 Å². The summed E-state index contributed by atoms with van der Waals surface area (Å²) in [5.41, 5.74) is 5.29. The number of aryl methyl sites for hydroxylation is 1. The SMILES string of the molecule is Cc1ccc(-c2ncc(-c3ccc4c(c3)N(C)C(=O)C4(C)C)cn2)cn1. The van der Waals surface area contributed by atoms with Gasteiger partial charge >= 0.3 is 0 Å². The maximum absolute atomic E-state index is 12.5. The van der Waals surface area contributed by atoms with Gasteiger partial charge in [0.1, 0.15) is 0 Å². The molecule has 0 unspecified atom stereocenters. The Labute approximate surface area is 152 Å². The highest BCUT2D eigenvalue weighted by Crippen LogP contribution is 2.42. The van der Waals surface area contributed by atoms with E-state index in [2.05, 4.69) is 15.0 Å². The second-order valence-electron chi connectivity index (χ2n) is 7.20. The molecule has 4 rings (SSSR count). The van der Waals surface area contributed by atoms with Crippen molar-refractivity contribution < 1.29 is 4.79 Å². The third-order valence-electron chi connectivity index (χ3n) is 5.03. The van der Waals surface area contributed by atoms with Crippen LogP contribution in [0.2, 0.25) is 0 Å². The molecule has 0 spiro atoms. The molecule has 1 aliphatic rings. The van der Waals surface area contributed by atoms with Gasteiger partial charge < -0.3 is 4.90 Å². The van der Waals surface area contributed by atoms with E-state index < -0.39 is 5.41 Å². The molecule has 0 radical (unpaired) electrons. The first-order chi connectivity index (χ1) is 12.4. The molecule has 130 valence electrons. The molecule has 2 aromatic heterocycles. The Balaban J connectivity index is 1.69. The summed E-state index contributed by atoms with van der Waals surface area (Å²) in [7, 11) is 1.82. The van der Waals surface area contributed by atoms with Crippen LogP contribution in [0.25, 0.3) is 22.5 Å². The van der Waals surface area contributed by atoms with Crippen LogP contribution in [0.3, 0.4) is 0 Å². The van der Waals surface area contributed by atoms with Gasteiger partial charge in [0, 0.05) is 48.1 Å². The minimum Gasteiger partial charge on any atom is -0.314 e. The zero-order chi connectivity index (χ0) is 18.5. The highest BCUT2D eigenvalue weighted by Gasteiger charge is 2.42. The minimum atomic E-state index is -0.485. The van der Waals surface area contributed by atoms with E-state index in [0.29, 0.717) is 5.82 Å². The Kier molecular flexibility index (Phi) is 3.61. The summed E-state index contributed by atoms with van der Waals surface area (Å²) in [6.07, 6.45) is 5.40. The molecule has 0 aliphatic carbocycles. The van der Waals surface area contributed by atoms with Crippen molar-refractivity contribution in [2.24, 2.45) is 0 Å². The average molecular weight is 344 g/mol. The Morgan fingerprint density at radius 2 is 1.54 bits per heavy atom. The van der Waals surface area contributed by atoms with Gasteiger partial charge in [-0.2, -0.15) is 0 Å². The van der Waals surface area contributed by atoms with Gasteiger partial charge in [0.15, 0.2) is 5.82 Å². The van der Waals surface area contributed by atoms with Crippen LogP contribution in [0.4, 0.5) is 5.69 Å². The summed E-state index contributed by atoms with van der Waals surface area (Å²) in [6, 6.07) is 10.0. The van der Waals surface area contributed by atoms with Gasteiger partial charge in [-0.05, 0) is 50.1 Å². The maximum Gasteiger partial charge on any atom is 0.236 e. The van der Waals surface area contributed by atoms with E-state index in [1.165, 1.54) is 0 Å². The van der Waals surface area contributed by atoms with Crippen molar-refractivity contribution >= 4 is 11.6 Å². The topological polar surface area (TPSA) is 59.0 Å². The number of nitrogens with zero attached hydrogens (tertiary/aromatic N) is 4. The van der Waals surface area contributed by atoms with Crippen LogP contribution in [0.5, 0.6) is 0 Å². The molecule has 1 amide bonds. The smallest absolute Gasteiger partial charge is 0.236 e. The number of rotatable bonds is 2. The molecule has 1 aromatic carbocycles. The Bertz CT molecular complexity index is 992. The van der Waals surface area contributed by atoms with Gasteiger partial charge in [-0.15, -0.1) is 0 Å². The van der Waals surface area contributed by atoms with Crippen molar-refractivity contribution in [2.45, 2.75) is 26.2 Å². The van der Waals surface area contributed by atoms with E-state index in [9.17, 15) is 4.79 Å². The van der Waals surface area contributed by atoms with Crippen molar-refractivity contribution in [3.05, 3.63) is 60.2 Å². The van der Waals surface area contributed by atoms with Crippen LogP contribution in [0.1, 0.15) is 25.1 Å². The highest BCUT2D eigenvalue weighted by atomic mass is 16.2. The average Bonchev–Trinajstić information content (AvgIpc) is 2.83. The van der Waals surface area contributed by atoms with E-state index in [-0.39, 0.29) is 5.91 Å². The fraction of sp³-hybridized carbons (Fsp3) is 0.238. The molecule has 0 saturated heterocycles. The second kappa shape index (κ2) is 5.73. The van der Waals surface area contributed by atoms with Gasteiger partial charge in [0.2, 0.25) is 5.91 Å². The lowest BCUT2D eigenvalue weighted by Gasteiger charge is -2.16. The second-order valence-corrected chi connectivity index (χ2v) is 7.20. The number of carbonyl (C=O) groups is 1. The summed E-state index contributed by atoms with van der Waals surface area (Å²) in [5, 5.41) is 0. The molecule has 3 aromatic rings. The number of hydrogen-bond acceptors (Lipinski definition) is 4. The number of anilines is 1. The van der Waals surface area contributed by atoms with E-state index in [1.54, 1.807) is 11.1 Å². The largest absolute Gasteiger partial charge is 0.314 e. The molecule has 5 heteroatoms. The molecule has 0 atom stereocenters. The molecule has 0 bridgehead atoms. The maximum atomic E-state index is 12.5. The van der Waals surface area contributed by atoms with E-state index in [1.807, 2.05) is 70.5 Å². The van der Waals surface area contributed by atoms with Crippen molar-refractivity contribution in [1.82, 2.24) is 15.0 Å². The monoisotopic (exact) mass is 344 g/mol. The predicted molar refractivity (Wildman–Crippen MR) is 102 cm³/mol. The quantitative estimate of drug-likeness (QED) is 0.710. The number of hydrogen-bond donors (Lipinski definition) is 0. The van der Waals surface area contributed by atoms with Gasteiger partial charge in [-0.3, -0.25) is 9.78 Å². The Morgan fingerprint density at radius 3 is 2.19 bits per heavy atom. The summed E-state index contributed by atoms with van der Waals surface area (Å²) in [6.45, 7) is 5.88. The Morgan fingerprint density at radius 1 is 0.885 bits per heavy atom. The predicted octanol–water partition coefficient (Wildman–Crippen LogP) is 3.77. The molecule has 0 saturated carbocycles. The number of benzene rings is 1. The van der Waals surface area contributed by atoms with Crippen LogP contribution in [0.15, 0.2) is 48.9 Å². The summed E-state index contributed by atoms with van der Waals surface area (Å²) in [4.78, 5) is 27.4. The lowest BCUT2D eigenvalue weighted by Crippen LogP contribution is -2.33. The minimum absolute atomic E-state index is 0.114. The lowest BCUT2D eigenvalue weighted by molar-refractivity contribution is -0.121. The summed E-state index contributed by atoms with van der Waals surface area (Å²) >= 11 is 0. The number of carbonyl (C=O) groups excluding carboxylic acids is 1. The molecule has 0 N–H and O–H groups in total. The molecule has 0 fully saturated rings. The highest BCUT2D eigenvalue weighted by molar-refractivity contribution is 6.07. The first kappa shape index (κ1) is 16.4. The standard InChI is InChI=1S/C21H20N4O/c1-13-5-6-15(10-22-13)19-23-11-16(12-24-19)14-7-8-17-18(9-14)25(4)20(26)21(17,2)3/h5-12H,1-4H3. The fourth-order valence-corrected chi connectivity index (χ4v) is 3.39. The fourth-order valence-electron chi connectivity index (χ4n) is 3.39. The Hall–Kier alpha value is -3.08. The molecule has 5 nitrogen and oxygen atoms in total. The van der Waals surface area contributed by atoms with Crippen molar-refractivity contribution in [2.75, 3.05) is 11.9 Å². The van der Waals surface area contributed by atoms with Gasteiger partial charge in [0.25, 0.3) is 0 Å². The zero-order valence-corrected chi connectivity index (χ0v) is 15.3. The van der Waals surface area contributed by atoms with Crippen molar-refractivity contribution in [1.29, 1.82) is 0 Å². The van der Waals surface area contributed by atoms with Crippen LogP contribution < -0.4 is 4.90 Å². The number of likely N-dealkylation sites (N-methyl/N-ethyl adjacent to an activating group) is 1. The number of pyridine rings is 1. The summed E-state index contributed by atoms with van der Waals surface area (Å²) < 4.78 is 0. The van der Waals surface area contributed by atoms with Gasteiger partial charge in [-0.1, -0.05) is 12.1 Å². The van der Waals surface area contributed by atoms with Crippen LogP contribution in [-0.4, -0.2) is 27.9 Å². The third kappa shape index (κ3) is 2.47. The first-order valence-corrected chi connectivity index (χ1v) is 8.56. The van der Waals surface area contributed by atoms with Gasteiger partial charge in [0.05, 0.1) is 5.41 Å². The van der Waals surface area contributed by atoms with E-state index in [0.717, 1.165) is 33.6 Å². The number of aromatic nitrogens is 3. The summed E-state index contributed by atoms with van der Waals surface area (Å²) in [5.74, 6) is 0.763. The molecular weight excluding hydrogens is 324 g/mol. The zero-order valence-electron chi connectivity index (χ0n) is 15.3. The van der Waals surface area contributed by atoms with Crippen LogP contribution in [-0.2, 0) is 10.2 Å². The van der Waals surface area contributed by atoms with E-state index >= 15 is 0 Å². The van der Waals surface area contributed by atoms with Crippen LogP contribution in [0, 0.1) is 6.92 Å². The van der Waals surface area contributed by atoms with Crippen molar-refractivity contribution in [3.63, 3.8) is 0 Å². The molecule has 3 heterocycles. The lowest BCUT2D eigenvalue weighted by atomic mass is 9.85. The van der Waals surface area contributed by atoms with E-state index in [4.69, 9.17) is 0 Å². The number of amides is 1. The normalized spacial score (nSPS) is 15.2. The van der Waals surface area contributed by atoms with Crippen LogP contribution >= 0.6 is 0 Å². The molecular formula is C21H20N4O.